The van der Waals surface area contributed by atoms with Crippen molar-refractivity contribution in [3.8, 4) is 0 Å². The Balaban J connectivity index is 0.000000686. The molecule has 0 aliphatic carbocycles. The number of nitrogens with zero attached hydrogens (tertiary/aromatic N) is 3. The van der Waals surface area contributed by atoms with Gasteiger partial charge in [-0.2, -0.15) is 5.10 Å². The fraction of sp³-hybridized carbons (Fsp3) is 0.538. The highest BCUT2D eigenvalue weighted by atomic mass is 15.3. The topological polar surface area (TPSA) is 56.2 Å². The summed E-state index contributed by atoms with van der Waals surface area (Å²) in [5.41, 5.74) is 9.59. The van der Waals surface area contributed by atoms with Crippen LogP contribution in [0.5, 0.6) is 0 Å². The molecule has 94 valence electrons. The van der Waals surface area contributed by atoms with Crippen molar-refractivity contribution in [2.45, 2.75) is 47.1 Å². The lowest BCUT2D eigenvalue weighted by Crippen LogP contribution is -2.30. The molecule has 0 bridgehead atoms. The van der Waals surface area contributed by atoms with Gasteiger partial charge in [-0.1, -0.05) is 13.8 Å². The summed E-state index contributed by atoms with van der Waals surface area (Å²) in [6.45, 7) is 11.9. The Labute approximate surface area is 103 Å². The van der Waals surface area contributed by atoms with Crippen molar-refractivity contribution in [1.82, 2.24) is 14.6 Å². The highest BCUT2D eigenvalue weighted by molar-refractivity contribution is 5.51. The minimum atomic E-state index is -0.396. The van der Waals surface area contributed by atoms with Crippen LogP contribution in [0.3, 0.4) is 0 Å². The molecule has 2 heterocycles. The van der Waals surface area contributed by atoms with Crippen molar-refractivity contribution in [2.24, 2.45) is 5.73 Å². The first-order valence-corrected chi connectivity index (χ1v) is 6.01. The molecule has 0 spiro atoms. The maximum Gasteiger partial charge on any atom is 0.158 e. The zero-order valence-electron chi connectivity index (χ0n) is 11.6. The minimum Gasteiger partial charge on any atom is -0.322 e. The molecule has 0 fully saturated rings. The zero-order valence-corrected chi connectivity index (χ0v) is 11.6. The van der Waals surface area contributed by atoms with Crippen molar-refractivity contribution in [3.05, 3.63) is 29.2 Å². The van der Waals surface area contributed by atoms with Crippen LogP contribution in [-0.2, 0) is 5.54 Å². The van der Waals surface area contributed by atoms with Crippen LogP contribution in [0.4, 0.5) is 0 Å². The van der Waals surface area contributed by atoms with Gasteiger partial charge in [-0.15, -0.1) is 0 Å². The molecule has 4 heteroatoms. The minimum absolute atomic E-state index is 0.396. The molecule has 2 N–H and O–H groups in total. The van der Waals surface area contributed by atoms with E-state index in [1.165, 1.54) is 0 Å². The van der Waals surface area contributed by atoms with E-state index in [0.717, 1.165) is 22.6 Å². The Morgan fingerprint density at radius 1 is 1.24 bits per heavy atom. The van der Waals surface area contributed by atoms with Crippen LogP contribution >= 0.6 is 0 Å². The number of aromatic nitrogens is 3. The number of nitrogens with two attached hydrogens (primary N) is 1. The average Bonchev–Trinajstić information content (AvgIpc) is 2.61. The van der Waals surface area contributed by atoms with Gasteiger partial charge in [0.05, 0.1) is 17.6 Å². The summed E-state index contributed by atoms with van der Waals surface area (Å²) in [5, 5.41) is 4.41. The van der Waals surface area contributed by atoms with Crippen molar-refractivity contribution in [2.75, 3.05) is 0 Å². The number of fused-ring (bicyclic) bond motifs is 1. The van der Waals surface area contributed by atoms with Gasteiger partial charge in [0.2, 0.25) is 0 Å². The first kappa shape index (κ1) is 13.6. The number of aryl methyl sites for hydroxylation is 2. The van der Waals surface area contributed by atoms with Crippen LogP contribution in [0, 0.1) is 13.8 Å². The van der Waals surface area contributed by atoms with Crippen LogP contribution in [0.1, 0.15) is 44.6 Å². The van der Waals surface area contributed by atoms with Crippen molar-refractivity contribution < 1.29 is 0 Å². The van der Waals surface area contributed by atoms with Gasteiger partial charge in [-0.3, -0.25) is 0 Å². The van der Waals surface area contributed by atoms with Crippen molar-refractivity contribution in [1.29, 1.82) is 0 Å². The Kier molecular flexibility index (Phi) is 3.88. The normalized spacial score (nSPS) is 11.2. The second kappa shape index (κ2) is 4.84. The van der Waals surface area contributed by atoms with Crippen LogP contribution in [0.25, 0.3) is 5.65 Å². The monoisotopic (exact) mass is 234 g/mol. The summed E-state index contributed by atoms with van der Waals surface area (Å²) >= 11 is 0. The summed E-state index contributed by atoms with van der Waals surface area (Å²) in [7, 11) is 0. The Bertz CT molecular complexity index is 506. The Morgan fingerprint density at radius 2 is 1.82 bits per heavy atom. The Morgan fingerprint density at radius 3 is 2.35 bits per heavy atom. The second-order valence-corrected chi connectivity index (χ2v) is 4.56. The highest BCUT2D eigenvalue weighted by Crippen LogP contribution is 2.22. The number of hydrogen-bond acceptors (Lipinski definition) is 3. The van der Waals surface area contributed by atoms with Gasteiger partial charge in [0.15, 0.2) is 5.65 Å². The molecule has 2 aromatic heterocycles. The van der Waals surface area contributed by atoms with Crippen molar-refractivity contribution >= 4 is 5.65 Å². The van der Waals surface area contributed by atoms with Crippen molar-refractivity contribution in [3.63, 3.8) is 0 Å². The molecule has 0 aliphatic heterocycles. The van der Waals surface area contributed by atoms with E-state index in [-0.39, 0.29) is 0 Å². The standard InChI is InChI=1S/C11H16N4.C2H6/c1-7-5-9(11(3,4)12)10-13-6-8(2)15(10)14-7;1-2/h5-6H,12H2,1-4H3;1-2H3. The largest absolute Gasteiger partial charge is 0.322 e. The van der Waals surface area contributed by atoms with E-state index in [1.54, 1.807) is 0 Å². The second-order valence-electron chi connectivity index (χ2n) is 4.56. The quantitative estimate of drug-likeness (QED) is 0.825. The van der Waals surface area contributed by atoms with Crippen LogP contribution in [0.15, 0.2) is 12.3 Å². The van der Waals surface area contributed by atoms with E-state index in [4.69, 9.17) is 5.73 Å². The molecule has 4 nitrogen and oxygen atoms in total. The number of hydrogen-bond donors (Lipinski definition) is 1. The molecule has 0 unspecified atom stereocenters. The molecular weight excluding hydrogens is 212 g/mol. The third kappa shape index (κ3) is 2.64. The smallest absolute Gasteiger partial charge is 0.158 e. The van der Waals surface area contributed by atoms with E-state index >= 15 is 0 Å². The highest BCUT2D eigenvalue weighted by Gasteiger charge is 2.20. The maximum atomic E-state index is 6.12. The summed E-state index contributed by atoms with van der Waals surface area (Å²) in [4.78, 5) is 4.35. The first-order valence-electron chi connectivity index (χ1n) is 6.01. The van der Waals surface area contributed by atoms with Gasteiger partial charge in [-0.05, 0) is 33.8 Å². The van der Waals surface area contributed by atoms with Gasteiger partial charge in [0.1, 0.15) is 0 Å². The van der Waals surface area contributed by atoms with E-state index in [9.17, 15) is 0 Å². The molecule has 0 atom stereocenters. The molecule has 0 aromatic carbocycles. The maximum absolute atomic E-state index is 6.12. The fourth-order valence-electron chi connectivity index (χ4n) is 1.68. The zero-order chi connectivity index (χ0) is 13.2. The molecule has 0 amide bonds. The van der Waals surface area contributed by atoms with Gasteiger partial charge < -0.3 is 5.73 Å². The van der Waals surface area contributed by atoms with Gasteiger partial charge in [-0.25, -0.2) is 9.50 Å². The molecule has 2 rings (SSSR count). The molecule has 2 aromatic rings. The van der Waals surface area contributed by atoms with Crippen LogP contribution in [0.2, 0.25) is 0 Å². The SMILES string of the molecule is CC.Cc1cc(C(C)(C)N)c2ncc(C)n2n1. The van der Waals surface area contributed by atoms with E-state index < -0.39 is 5.54 Å². The number of rotatable bonds is 1. The van der Waals surface area contributed by atoms with E-state index in [1.807, 2.05) is 58.3 Å². The van der Waals surface area contributed by atoms with Crippen LogP contribution < -0.4 is 5.73 Å². The average molecular weight is 234 g/mol. The lowest BCUT2D eigenvalue weighted by Gasteiger charge is -2.20. The third-order valence-electron chi connectivity index (χ3n) is 2.45. The van der Waals surface area contributed by atoms with Crippen LogP contribution in [-0.4, -0.2) is 14.6 Å². The summed E-state index contributed by atoms with van der Waals surface area (Å²) in [5.74, 6) is 0. The molecule has 17 heavy (non-hydrogen) atoms. The molecule has 0 radical (unpaired) electrons. The fourth-order valence-corrected chi connectivity index (χ4v) is 1.68. The third-order valence-corrected chi connectivity index (χ3v) is 2.45. The van der Waals surface area contributed by atoms with Gasteiger partial charge in [0, 0.05) is 11.1 Å². The summed E-state index contributed by atoms with van der Waals surface area (Å²) in [6.07, 6.45) is 1.82. The lowest BCUT2D eigenvalue weighted by molar-refractivity contribution is 0.552. The van der Waals surface area contributed by atoms with E-state index in [0.29, 0.717) is 0 Å². The summed E-state index contributed by atoms with van der Waals surface area (Å²) < 4.78 is 1.85. The summed E-state index contributed by atoms with van der Waals surface area (Å²) in [6, 6.07) is 2.00. The van der Waals surface area contributed by atoms with Gasteiger partial charge in [0.25, 0.3) is 0 Å². The molecule has 0 saturated heterocycles. The first-order chi connectivity index (χ1) is 7.89. The predicted molar refractivity (Wildman–Crippen MR) is 71.0 cm³/mol. The lowest BCUT2D eigenvalue weighted by atomic mass is 9.96. The predicted octanol–water partition coefficient (Wildman–Crippen LogP) is 2.57. The number of imidazole rings is 1. The van der Waals surface area contributed by atoms with E-state index in [2.05, 4.69) is 10.1 Å². The van der Waals surface area contributed by atoms with Gasteiger partial charge >= 0.3 is 0 Å². The molecular formula is C13H22N4. The Hall–Kier alpha value is -1.42. The molecule has 0 aliphatic rings. The molecule has 0 saturated carbocycles.